The second-order valence-corrected chi connectivity index (χ2v) is 9.10. The number of hydrogen-bond acceptors (Lipinski definition) is 4. The monoisotopic (exact) mass is 404 g/mol. The minimum atomic E-state index is -0.774. The topological polar surface area (TPSA) is 51.7 Å². The van der Waals surface area contributed by atoms with Crippen molar-refractivity contribution < 1.29 is 14.3 Å². The number of pyridine rings is 1. The van der Waals surface area contributed by atoms with Gasteiger partial charge in [0, 0.05) is 10.9 Å². The molecular formula is C25H28N2O3. The average Bonchev–Trinajstić information content (AvgIpc) is 3.01. The maximum atomic E-state index is 13.2. The lowest BCUT2D eigenvalue weighted by molar-refractivity contribution is -0.0625. The van der Waals surface area contributed by atoms with Crippen LogP contribution in [-0.2, 0) is 9.47 Å². The Hall–Kier alpha value is -2.92. The van der Waals surface area contributed by atoms with Gasteiger partial charge in [-0.05, 0) is 52.3 Å². The lowest BCUT2D eigenvalue weighted by Crippen LogP contribution is -2.47. The average molecular weight is 405 g/mol. The summed E-state index contributed by atoms with van der Waals surface area (Å²) in [6.45, 7) is 9.82. The van der Waals surface area contributed by atoms with Crippen molar-refractivity contribution in [2.24, 2.45) is 0 Å². The lowest BCUT2D eigenvalue weighted by Gasteiger charge is -2.35. The number of nitrogens with zero attached hydrogens (tertiary/aromatic N) is 2. The molecule has 1 aliphatic heterocycles. The van der Waals surface area contributed by atoms with Gasteiger partial charge in [0.25, 0.3) is 0 Å². The Bertz CT molecular complexity index is 1070. The standard InChI is InChI=1S/C25H28N2O3/c1-24(2,3)30-23(28)27-22(16-29-25(27,4)5)19-15-21(17-11-7-6-8-12-17)26-20-14-10-9-13-18(19)20/h6-15,22H,16H2,1-5H3/t22-/m0/s1. The largest absolute Gasteiger partial charge is 0.444 e. The SMILES string of the molecule is CC(C)(C)OC(=O)N1[C@H](c2cc(-c3ccccc3)nc3ccccc23)COC1(C)C. The molecule has 5 heteroatoms. The molecule has 5 nitrogen and oxygen atoms in total. The predicted molar refractivity (Wildman–Crippen MR) is 118 cm³/mol. The molecule has 4 rings (SSSR count). The highest BCUT2D eigenvalue weighted by Crippen LogP contribution is 2.41. The van der Waals surface area contributed by atoms with E-state index in [9.17, 15) is 4.79 Å². The summed E-state index contributed by atoms with van der Waals surface area (Å²) in [6.07, 6.45) is -0.378. The number of benzene rings is 2. The summed E-state index contributed by atoms with van der Waals surface area (Å²) in [5, 5.41) is 1.01. The minimum Gasteiger partial charge on any atom is -0.444 e. The number of carbonyl (C=O) groups is 1. The lowest BCUT2D eigenvalue weighted by atomic mass is 9.98. The molecule has 2 aromatic carbocycles. The summed E-state index contributed by atoms with van der Waals surface area (Å²) in [6, 6.07) is 19.9. The third-order valence-corrected chi connectivity index (χ3v) is 5.25. The second kappa shape index (κ2) is 7.40. The molecule has 1 aliphatic rings. The van der Waals surface area contributed by atoms with Crippen LogP contribution in [0.25, 0.3) is 22.2 Å². The fourth-order valence-electron chi connectivity index (χ4n) is 3.92. The highest BCUT2D eigenvalue weighted by Gasteiger charge is 2.46. The Labute approximate surface area is 177 Å². The van der Waals surface area contributed by atoms with Crippen molar-refractivity contribution in [1.82, 2.24) is 9.88 Å². The fourth-order valence-corrected chi connectivity index (χ4v) is 3.92. The van der Waals surface area contributed by atoms with Gasteiger partial charge in [0.2, 0.25) is 0 Å². The first-order valence-corrected chi connectivity index (χ1v) is 10.3. The zero-order chi connectivity index (χ0) is 21.5. The van der Waals surface area contributed by atoms with Gasteiger partial charge in [-0.1, -0.05) is 48.5 Å². The molecule has 0 aliphatic carbocycles. The Morgan fingerprint density at radius 2 is 1.77 bits per heavy atom. The van der Waals surface area contributed by atoms with E-state index in [0.29, 0.717) is 6.61 Å². The number of carbonyl (C=O) groups excluding carboxylic acids is 1. The summed E-state index contributed by atoms with van der Waals surface area (Å²) in [4.78, 5) is 19.7. The van der Waals surface area contributed by atoms with Crippen molar-refractivity contribution in [3.63, 3.8) is 0 Å². The number of amides is 1. The summed E-state index contributed by atoms with van der Waals surface area (Å²) in [5.41, 5.74) is 2.45. The van der Waals surface area contributed by atoms with E-state index < -0.39 is 11.3 Å². The van der Waals surface area contributed by atoms with Crippen LogP contribution in [0.5, 0.6) is 0 Å². The summed E-state index contributed by atoms with van der Waals surface area (Å²) in [7, 11) is 0. The molecule has 0 radical (unpaired) electrons. The van der Waals surface area contributed by atoms with Crippen LogP contribution in [0.3, 0.4) is 0 Å². The molecule has 2 heterocycles. The van der Waals surface area contributed by atoms with Gasteiger partial charge in [-0.3, -0.25) is 4.90 Å². The van der Waals surface area contributed by atoms with Gasteiger partial charge in [-0.2, -0.15) is 0 Å². The van der Waals surface area contributed by atoms with Crippen LogP contribution in [0.4, 0.5) is 4.79 Å². The maximum Gasteiger partial charge on any atom is 0.413 e. The highest BCUT2D eigenvalue weighted by molar-refractivity contribution is 5.86. The number of fused-ring (bicyclic) bond motifs is 1. The second-order valence-electron chi connectivity index (χ2n) is 9.10. The van der Waals surface area contributed by atoms with E-state index in [1.807, 2.05) is 89.2 Å². The molecule has 0 saturated carbocycles. The quantitative estimate of drug-likeness (QED) is 0.530. The zero-order valence-electron chi connectivity index (χ0n) is 18.2. The molecule has 1 saturated heterocycles. The predicted octanol–water partition coefficient (Wildman–Crippen LogP) is 5.95. The van der Waals surface area contributed by atoms with Gasteiger partial charge in [-0.15, -0.1) is 0 Å². The van der Waals surface area contributed by atoms with E-state index in [4.69, 9.17) is 14.5 Å². The van der Waals surface area contributed by atoms with Gasteiger partial charge in [0.15, 0.2) is 0 Å². The number of para-hydroxylation sites is 1. The molecule has 156 valence electrons. The van der Waals surface area contributed by atoms with Crippen molar-refractivity contribution in [2.45, 2.75) is 52.0 Å². The van der Waals surface area contributed by atoms with E-state index in [2.05, 4.69) is 6.07 Å². The van der Waals surface area contributed by atoms with Crippen molar-refractivity contribution >= 4 is 17.0 Å². The summed E-state index contributed by atoms with van der Waals surface area (Å²) >= 11 is 0. The van der Waals surface area contributed by atoms with Crippen LogP contribution in [0.2, 0.25) is 0 Å². The smallest absolute Gasteiger partial charge is 0.413 e. The van der Waals surface area contributed by atoms with E-state index in [1.165, 1.54) is 0 Å². The van der Waals surface area contributed by atoms with Crippen molar-refractivity contribution in [2.75, 3.05) is 6.61 Å². The minimum absolute atomic E-state index is 0.273. The fraction of sp³-hybridized carbons (Fsp3) is 0.360. The molecular weight excluding hydrogens is 376 g/mol. The zero-order valence-corrected chi connectivity index (χ0v) is 18.2. The van der Waals surface area contributed by atoms with Gasteiger partial charge in [-0.25, -0.2) is 9.78 Å². The van der Waals surface area contributed by atoms with Gasteiger partial charge >= 0.3 is 6.09 Å². The molecule has 0 bridgehead atoms. The van der Waals surface area contributed by atoms with Crippen LogP contribution >= 0.6 is 0 Å². The van der Waals surface area contributed by atoms with Gasteiger partial charge in [0.1, 0.15) is 11.3 Å². The summed E-state index contributed by atoms with van der Waals surface area (Å²) < 4.78 is 11.8. The molecule has 1 amide bonds. The van der Waals surface area contributed by atoms with Crippen LogP contribution < -0.4 is 0 Å². The molecule has 0 N–H and O–H groups in total. The Balaban J connectivity index is 1.85. The highest BCUT2D eigenvalue weighted by atomic mass is 16.6. The van der Waals surface area contributed by atoms with Crippen molar-refractivity contribution in [1.29, 1.82) is 0 Å². The Morgan fingerprint density at radius 3 is 2.47 bits per heavy atom. The van der Waals surface area contributed by atoms with Gasteiger partial charge < -0.3 is 9.47 Å². The number of aromatic nitrogens is 1. The molecule has 0 spiro atoms. The molecule has 1 fully saturated rings. The third kappa shape index (κ3) is 3.90. The molecule has 1 aromatic heterocycles. The van der Waals surface area contributed by atoms with Crippen LogP contribution in [0, 0.1) is 0 Å². The number of ether oxygens (including phenoxy) is 2. The first kappa shape index (κ1) is 20.4. The Kier molecular flexibility index (Phi) is 5.02. The van der Waals surface area contributed by atoms with E-state index in [1.54, 1.807) is 4.90 Å². The van der Waals surface area contributed by atoms with E-state index in [0.717, 1.165) is 27.7 Å². The van der Waals surface area contributed by atoms with Crippen molar-refractivity contribution in [3.8, 4) is 11.3 Å². The normalized spacial score (nSPS) is 18.6. The molecule has 30 heavy (non-hydrogen) atoms. The van der Waals surface area contributed by atoms with Gasteiger partial charge in [0.05, 0.1) is 23.9 Å². The molecule has 0 unspecified atom stereocenters. The number of rotatable bonds is 2. The molecule has 1 atom stereocenters. The first-order valence-electron chi connectivity index (χ1n) is 10.3. The summed E-state index contributed by atoms with van der Waals surface area (Å²) in [5.74, 6) is 0. The van der Waals surface area contributed by atoms with Crippen LogP contribution in [0.1, 0.15) is 46.2 Å². The van der Waals surface area contributed by atoms with E-state index in [-0.39, 0.29) is 12.1 Å². The Morgan fingerprint density at radius 1 is 1.10 bits per heavy atom. The van der Waals surface area contributed by atoms with Crippen LogP contribution in [-0.4, -0.2) is 33.9 Å². The first-order chi connectivity index (χ1) is 14.2. The van der Waals surface area contributed by atoms with E-state index >= 15 is 0 Å². The maximum absolute atomic E-state index is 13.2. The molecule has 3 aromatic rings. The number of hydrogen-bond donors (Lipinski definition) is 0. The van der Waals surface area contributed by atoms with Crippen molar-refractivity contribution in [3.05, 3.63) is 66.2 Å². The van der Waals surface area contributed by atoms with Crippen LogP contribution in [0.15, 0.2) is 60.7 Å². The third-order valence-electron chi connectivity index (χ3n) is 5.25.